The van der Waals surface area contributed by atoms with E-state index in [1.54, 1.807) is 16.3 Å². The maximum Gasteiger partial charge on any atom is 0.262 e. The van der Waals surface area contributed by atoms with E-state index >= 15 is 0 Å². The normalized spacial score (nSPS) is 12.5. The van der Waals surface area contributed by atoms with Crippen LogP contribution in [0.2, 0.25) is 0 Å². The van der Waals surface area contributed by atoms with Gasteiger partial charge in [-0.25, -0.2) is 4.98 Å². The van der Waals surface area contributed by atoms with Crippen molar-refractivity contribution in [2.75, 3.05) is 0 Å². The Labute approximate surface area is 147 Å². The fraction of sp³-hybridized carbons (Fsp3) is 0.222. The van der Waals surface area contributed by atoms with Gasteiger partial charge < -0.3 is 0 Å². The molecule has 0 fully saturated rings. The fourth-order valence-electron chi connectivity index (χ4n) is 2.49. The van der Waals surface area contributed by atoms with E-state index in [-0.39, 0.29) is 10.8 Å². The molecule has 3 aromatic rings. The van der Waals surface area contributed by atoms with Gasteiger partial charge in [0.05, 0.1) is 10.9 Å². The van der Waals surface area contributed by atoms with Gasteiger partial charge in [0.1, 0.15) is 0 Å². The number of aromatic nitrogens is 2. The number of hydrogen-bond donors (Lipinski definition) is 0. The van der Waals surface area contributed by atoms with E-state index in [1.807, 2.05) is 43.3 Å². The van der Waals surface area contributed by atoms with Crippen molar-refractivity contribution >= 4 is 38.6 Å². The van der Waals surface area contributed by atoms with Crippen LogP contribution in [0.25, 0.3) is 10.9 Å². The highest BCUT2D eigenvalue weighted by molar-refractivity contribution is 9.10. The van der Waals surface area contributed by atoms with Crippen molar-refractivity contribution in [1.82, 2.24) is 9.55 Å². The molecule has 0 saturated heterocycles. The minimum atomic E-state index is 0.0153. The van der Waals surface area contributed by atoms with Gasteiger partial charge in [0.2, 0.25) is 0 Å². The molecule has 0 aliphatic heterocycles. The minimum absolute atomic E-state index is 0.0153. The maximum absolute atomic E-state index is 12.7. The maximum atomic E-state index is 12.7. The number of hydrogen-bond acceptors (Lipinski definition) is 3. The molecule has 23 heavy (non-hydrogen) atoms. The zero-order valence-electron chi connectivity index (χ0n) is 13.0. The molecule has 3 rings (SSSR count). The Morgan fingerprint density at radius 2 is 1.96 bits per heavy atom. The van der Waals surface area contributed by atoms with Crippen molar-refractivity contribution in [1.29, 1.82) is 0 Å². The first-order chi connectivity index (χ1) is 11.1. The summed E-state index contributed by atoms with van der Waals surface area (Å²) < 4.78 is 2.64. The quantitative estimate of drug-likeness (QED) is 0.464. The van der Waals surface area contributed by atoms with Crippen LogP contribution in [0.1, 0.15) is 24.7 Å². The first-order valence-corrected chi connectivity index (χ1v) is 9.19. The van der Waals surface area contributed by atoms with E-state index in [4.69, 9.17) is 4.98 Å². The van der Waals surface area contributed by atoms with Crippen LogP contribution in [0.15, 0.2) is 63.0 Å². The molecule has 3 nitrogen and oxygen atoms in total. The second-order valence-electron chi connectivity index (χ2n) is 5.28. The van der Waals surface area contributed by atoms with Crippen LogP contribution in [-0.2, 0) is 6.54 Å². The van der Waals surface area contributed by atoms with Gasteiger partial charge in [0.25, 0.3) is 5.56 Å². The first kappa shape index (κ1) is 16.3. The van der Waals surface area contributed by atoms with Crippen molar-refractivity contribution in [3.05, 3.63) is 68.9 Å². The highest BCUT2D eigenvalue weighted by atomic mass is 79.9. The first-order valence-electron chi connectivity index (χ1n) is 7.52. The van der Waals surface area contributed by atoms with Gasteiger partial charge in [-0.05, 0) is 37.6 Å². The summed E-state index contributed by atoms with van der Waals surface area (Å²) >= 11 is 5.04. The summed E-state index contributed by atoms with van der Waals surface area (Å²) in [6.07, 6.45) is 0. The lowest BCUT2D eigenvalue weighted by molar-refractivity contribution is 0.633. The highest BCUT2D eigenvalue weighted by Gasteiger charge is 2.15. The number of nitrogens with zero attached hydrogens (tertiary/aromatic N) is 2. The molecule has 0 spiro atoms. The number of fused-ring (bicyclic) bond motifs is 1. The van der Waals surface area contributed by atoms with Crippen molar-refractivity contribution < 1.29 is 0 Å². The molecule has 0 aliphatic carbocycles. The molecular weight excluding hydrogens is 372 g/mol. The number of thioether (sulfide) groups is 1. The molecule has 1 atom stereocenters. The van der Waals surface area contributed by atoms with E-state index < -0.39 is 0 Å². The predicted molar refractivity (Wildman–Crippen MR) is 100 cm³/mol. The third-order valence-electron chi connectivity index (χ3n) is 3.75. The Morgan fingerprint density at radius 3 is 2.65 bits per heavy atom. The molecule has 0 bridgehead atoms. The average Bonchev–Trinajstić information content (AvgIpc) is 2.57. The number of halogens is 1. The lowest BCUT2D eigenvalue weighted by Crippen LogP contribution is -2.22. The van der Waals surface area contributed by atoms with Gasteiger partial charge in [-0.1, -0.05) is 58.0 Å². The number of rotatable bonds is 4. The summed E-state index contributed by atoms with van der Waals surface area (Å²) in [5, 5.41) is 1.65. The summed E-state index contributed by atoms with van der Waals surface area (Å²) in [5.74, 6) is 0. The lowest BCUT2D eigenvalue weighted by atomic mass is 10.2. The SMILES string of the molecule is CCn1c(SC(C)c2ccccc2)nc2ccc(Br)cc2c1=O. The van der Waals surface area contributed by atoms with Crippen molar-refractivity contribution in [2.45, 2.75) is 30.8 Å². The molecule has 1 unspecified atom stereocenters. The monoisotopic (exact) mass is 388 g/mol. The van der Waals surface area contributed by atoms with Gasteiger partial charge in [-0.3, -0.25) is 9.36 Å². The molecule has 5 heteroatoms. The van der Waals surface area contributed by atoms with Crippen molar-refractivity contribution in [3.8, 4) is 0 Å². The Bertz CT molecular complexity index is 893. The van der Waals surface area contributed by atoms with Crippen LogP contribution in [-0.4, -0.2) is 9.55 Å². The standard InChI is InChI=1S/C18H17BrN2OS/c1-3-21-17(22)15-11-14(19)9-10-16(15)20-18(21)23-12(2)13-7-5-4-6-8-13/h4-12H,3H2,1-2H3. The van der Waals surface area contributed by atoms with E-state index in [2.05, 4.69) is 35.0 Å². The van der Waals surface area contributed by atoms with Crippen LogP contribution < -0.4 is 5.56 Å². The second-order valence-corrected chi connectivity index (χ2v) is 7.50. The van der Waals surface area contributed by atoms with Crippen LogP contribution in [0.4, 0.5) is 0 Å². The molecule has 0 aliphatic rings. The summed E-state index contributed by atoms with van der Waals surface area (Å²) in [5.41, 5.74) is 1.98. The summed E-state index contributed by atoms with van der Waals surface area (Å²) in [6, 6.07) is 15.9. The molecule has 0 saturated carbocycles. The molecule has 1 heterocycles. The van der Waals surface area contributed by atoms with Gasteiger partial charge >= 0.3 is 0 Å². The molecule has 118 valence electrons. The Morgan fingerprint density at radius 1 is 1.22 bits per heavy atom. The Balaban J connectivity index is 2.07. The third-order valence-corrected chi connectivity index (χ3v) is 5.39. The lowest BCUT2D eigenvalue weighted by Gasteiger charge is -2.15. The number of benzene rings is 2. The van der Waals surface area contributed by atoms with E-state index in [0.29, 0.717) is 11.9 Å². The zero-order chi connectivity index (χ0) is 16.4. The van der Waals surface area contributed by atoms with E-state index in [9.17, 15) is 4.79 Å². The van der Waals surface area contributed by atoms with E-state index in [1.165, 1.54) is 5.56 Å². The topological polar surface area (TPSA) is 34.9 Å². The molecule has 0 radical (unpaired) electrons. The van der Waals surface area contributed by atoms with Gasteiger partial charge in [0.15, 0.2) is 5.16 Å². The highest BCUT2D eigenvalue weighted by Crippen LogP contribution is 2.33. The molecule has 0 N–H and O–H groups in total. The van der Waals surface area contributed by atoms with Gasteiger partial charge in [-0.2, -0.15) is 0 Å². The van der Waals surface area contributed by atoms with Crippen molar-refractivity contribution in [3.63, 3.8) is 0 Å². The molecule has 0 amide bonds. The summed E-state index contributed by atoms with van der Waals surface area (Å²) in [7, 11) is 0. The Hall–Kier alpha value is -1.59. The van der Waals surface area contributed by atoms with Gasteiger partial charge in [0, 0.05) is 16.3 Å². The minimum Gasteiger partial charge on any atom is -0.287 e. The predicted octanol–water partition coefficient (Wildman–Crippen LogP) is 5.03. The van der Waals surface area contributed by atoms with Crippen LogP contribution in [0.3, 0.4) is 0 Å². The average molecular weight is 389 g/mol. The fourth-order valence-corrected chi connectivity index (χ4v) is 3.95. The smallest absolute Gasteiger partial charge is 0.262 e. The molecule has 2 aromatic carbocycles. The second kappa shape index (κ2) is 6.89. The van der Waals surface area contributed by atoms with Crippen LogP contribution in [0, 0.1) is 0 Å². The largest absolute Gasteiger partial charge is 0.287 e. The van der Waals surface area contributed by atoms with Gasteiger partial charge in [-0.15, -0.1) is 0 Å². The zero-order valence-corrected chi connectivity index (χ0v) is 15.4. The third kappa shape index (κ3) is 3.35. The van der Waals surface area contributed by atoms with Crippen LogP contribution in [0.5, 0.6) is 0 Å². The summed E-state index contributed by atoms with van der Waals surface area (Å²) in [4.78, 5) is 17.5. The molecule has 1 aromatic heterocycles. The molecular formula is C18H17BrN2OS. The van der Waals surface area contributed by atoms with E-state index in [0.717, 1.165) is 15.1 Å². The Kier molecular flexibility index (Phi) is 4.87. The summed E-state index contributed by atoms with van der Waals surface area (Å²) in [6.45, 7) is 4.72. The van der Waals surface area contributed by atoms with Crippen molar-refractivity contribution in [2.24, 2.45) is 0 Å². The van der Waals surface area contributed by atoms with Crippen LogP contribution >= 0.6 is 27.7 Å².